The van der Waals surface area contributed by atoms with Crippen LogP contribution in [0.5, 0.6) is 0 Å². The van der Waals surface area contributed by atoms with Gasteiger partial charge in [-0.1, -0.05) is 22.0 Å². The summed E-state index contributed by atoms with van der Waals surface area (Å²) in [6.07, 6.45) is 0.760. The van der Waals surface area contributed by atoms with Crippen LogP contribution in [0.2, 0.25) is 0 Å². The van der Waals surface area contributed by atoms with Gasteiger partial charge in [-0.25, -0.2) is 0 Å². The van der Waals surface area contributed by atoms with Crippen molar-refractivity contribution in [2.45, 2.75) is 50.9 Å². The number of aliphatic hydroxyl groups excluding tert-OH is 1. The summed E-state index contributed by atoms with van der Waals surface area (Å²) in [5, 5.41) is 13.4. The highest BCUT2D eigenvalue weighted by molar-refractivity contribution is 9.10. The molecule has 0 aliphatic carbocycles. The monoisotopic (exact) mass is 327 g/mol. The molecule has 0 radical (unpaired) electrons. The number of anilines is 1. The van der Waals surface area contributed by atoms with Gasteiger partial charge in [-0.2, -0.15) is 0 Å². The average molecular weight is 328 g/mol. The molecule has 1 atom stereocenters. The van der Waals surface area contributed by atoms with Crippen LogP contribution < -0.4 is 5.32 Å². The van der Waals surface area contributed by atoms with Crippen LogP contribution in [0.3, 0.4) is 0 Å². The molecule has 106 valence electrons. The number of halogens is 1. The fourth-order valence-corrected chi connectivity index (χ4v) is 3.49. The highest BCUT2D eigenvalue weighted by Crippen LogP contribution is 2.46. The van der Waals surface area contributed by atoms with Crippen LogP contribution in [0.1, 0.15) is 34.1 Å². The Morgan fingerprint density at radius 1 is 1.32 bits per heavy atom. The molecule has 3 nitrogen and oxygen atoms in total. The minimum absolute atomic E-state index is 0.0376. The van der Waals surface area contributed by atoms with E-state index in [-0.39, 0.29) is 12.2 Å². The number of benzene rings is 1. The van der Waals surface area contributed by atoms with Crippen LogP contribution in [-0.2, 0) is 4.74 Å². The van der Waals surface area contributed by atoms with Crippen LogP contribution in [0.15, 0.2) is 28.7 Å². The van der Waals surface area contributed by atoms with E-state index in [0.29, 0.717) is 0 Å². The Balaban J connectivity index is 2.33. The first kappa shape index (κ1) is 14.8. The van der Waals surface area contributed by atoms with Gasteiger partial charge in [0.05, 0.1) is 23.3 Å². The predicted octanol–water partition coefficient (Wildman–Crippen LogP) is 3.57. The molecule has 1 aliphatic heterocycles. The molecule has 0 bridgehead atoms. The van der Waals surface area contributed by atoms with Crippen LogP contribution in [0, 0.1) is 0 Å². The van der Waals surface area contributed by atoms with Crippen molar-refractivity contribution in [3.05, 3.63) is 28.7 Å². The van der Waals surface area contributed by atoms with Crippen molar-refractivity contribution in [3.8, 4) is 0 Å². The van der Waals surface area contributed by atoms with Gasteiger partial charge in [0, 0.05) is 16.6 Å². The second-order valence-corrected chi connectivity index (χ2v) is 7.34. The van der Waals surface area contributed by atoms with Crippen molar-refractivity contribution >= 4 is 21.6 Å². The van der Waals surface area contributed by atoms with E-state index < -0.39 is 11.1 Å². The summed E-state index contributed by atoms with van der Waals surface area (Å²) in [6.45, 7) is 8.23. The van der Waals surface area contributed by atoms with E-state index in [1.165, 1.54) is 0 Å². The largest absolute Gasteiger partial charge is 0.394 e. The number of nitrogens with one attached hydrogen (secondary N) is 1. The van der Waals surface area contributed by atoms with Crippen LogP contribution in [0.25, 0.3) is 0 Å². The molecule has 0 amide bonds. The molecular weight excluding hydrogens is 306 g/mol. The van der Waals surface area contributed by atoms with Crippen molar-refractivity contribution in [2.24, 2.45) is 0 Å². The molecule has 0 spiro atoms. The maximum absolute atomic E-state index is 9.96. The highest BCUT2D eigenvalue weighted by atomic mass is 79.9. The van der Waals surface area contributed by atoms with E-state index in [2.05, 4.69) is 35.1 Å². The van der Waals surface area contributed by atoms with Crippen LogP contribution in [-0.4, -0.2) is 28.5 Å². The smallest absolute Gasteiger partial charge is 0.0916 e. The number of rotatable bonds is 3. The molecule has 1 aromatic rings. The van der Waals surface area contributed by atoms with Gasteiger partial charge in [0.2, 0.25) is 0 Å². The molecule has 0 saturated carbocycles. The predicted molar refractivity (Wildman–Crippen MR) is 81.4 cm³/mol. The number of aliphatic hydroxyl groups is 1. The number of hydrogen-bond acceptors (Lipinski definition) is 3. The molecule has 1 saturated heterocycles. The number of hydrogen-bond donors (Lipinski definition) is 2. The number of ether oxygens (including phenoxy) is 1. The Labute approximate surface area is 123 Å². The SMILES string of the molecule is CC1(C)CC(CO)(Nc2cccc(Br)c2)C(C)(C)O1. The topological polar surface area (TPSA) is 41.5 Å². The molecule has 1 fully saturated rings. The maximum Gasteiger partial charge on any atom is 0.0916 e. The minimum Gasteiger partial charge on any atom is -0.394 e. The molecule has 1 heterocycles. The standard InChI is InChI=1S/C15H22BrNO2/c1-13(2)9-15(10-18,14(3,4)19-13)17-12-7-5-6-11(16)8-12/h5-8,17-18H,9-10H2,1-4H3. The summed E-state index contributed by atoms with van der Waals surface area (Å²) < 4.78 is 7.13. The lowest BCUT2D eigenvalue weighted by atomic mass is 9.79. The van der Waals surface area contributed by atoms with Gasteiger partial charge in [-0.3, -0.25) is 0 Å². The molecule has 2 N–H and O–H groups in total. The van der Waals surface area contributed by atoms with Gasteiger partial charge in [-0.15, -0.1) is 0 Å². The quantitative estimate of drug-likeness (QED) is 0.891. The molecule has 19 heavy (non-hydrogen) atoms. The average Bonchev–Trinajstić information content (AvgIpc) is 2.43. The van der Waals surface area contributed by atoms with Crippen molar-refractivity contribution in [3.63, 3.8) is 0 Å². The van der Waals surface area contributed by atoms with Gasteiger partial charge in [0.1, 0.15) is 0 Å². The van der Waals surface area contributed by atoms with Gasteiger partial charge >= 0.3 is 0 Å². The third-order valence-corrected chi connectivity index (χ3v) is 4.38. The van der Waals surface area contributed by atoms with Crippen molar-refractivity contribution in [1.29, 1.82) is 0 Å². The van der Waals surface area contributed by atoms with Crippen LogP contribution >= 0.6 is 15.9 Å². The maximum atomic E-state index is 9.96. The van der Waals surface area contributed by atoms with E-state index in [4.69, 9.17) is 4.74 Å². The van der Waals surface area contributed by atoms with Gasteiger partial charge in [0.15, 0.2) is 0 Å². The highest BCUT2D eigenvalue weighted by Gasteiger charge is 2.57. The zero-order valence-corrected chi connectivity index (χ0v) is 13.5. The summed E-state index contributed by atoms with van der Waals surface area (Å²) in [5.41, 5.74) is -0.173. The summed E-state index contributed by atoms with van der Waals surface area (Å²) in [4.78, 5) is 0. The second kappa shape index (κ2) is 4.76. The third kappa shape index (κ3) is 2.81. The van der Waals surface area contributed by atoms with E-state index in [1.54, 1.807) is 0 Å². The van der Waals surface area contributed by atoms with E-state index in [1.807, 2.05) is 38.1 Å². The van der Waals surface area contributed by atoms with E-state index >= 15 is 0 Å². The lowest BCUT2D eigenvalue weighted by molar-refractivity contribution is -0.0808. The first-order valence-electron chi connectivity index (χ1n) is 6.55. The zero-order valence-electron chi connectivity index (χ0n) is 12.0. The zero-order chi connectivity index (χ0) is 14.3. The van der Waals surface area contributed by atoms with Crippen molar-refractivity contribution in [2.75, 3.05) is 11.9 Å². The van der Waals surface area contributed by atoms with Crippen LogP contribution in [0.4, 0.5) is 5.69 Å². The normalized spacial score (nSPS) is 28.3. The van der Waals surface area contributed by atoms with E-state index in [0.717, 1.165) is 16.6 Å². The molecular formula is C15H22BrNO2. The molecule has 1 aromatic carbocycles. The third-order valence-electron chi connectivity index (χ3n) is 3.89. The Bertz CT molecular complexity index is 473. The summed E-state index contributed by atoms with van der Waals surface area (Å²) in [6, 6.07) is 7.98. The molecule has 0 aromatic heterocycles. The summed E-state index contributed by atoms with van der Waals surface area (Å²) in [5.74, 6) is 0. The fourth-order valence-electron chi connectivity index (χ4n) is 3.09. The van der Waals surface area contributed by atoms with Gasteiger partial charge < -0.3 is 15.2 Å². The molecule has 1 unspecified atom stereocenters. The summed E-state index contributed by atoms with van der Waals surface area (Å²) in [7, 11) is 0. The van der Waals surface area contributed by atoms with Crippen molar-refractivity contribution < 1.29 is 9.84 Å². The van der Waals surface area contributed by atoms with Crippen molar-refractivity contribution in [1.82, 2.24) is 0 Å². The second-order valence-electron chi connectivity index (χ2n) is 6.42. The lowest BCUT2D eigenvalue weighted by Gasteiger charge is -2.40. The van der Waals surface area contributed by atoms with Gasteiger partial charge in [-0.05, 0) is 45.9 Å². The Kier molecular flexibility index (Phi) is 3.71. The first-order chi connectivity index (χ1) is 8.70. The minimum atomic E-state index is -0.475. The lowest BCUT2D eigenvalue weighted by Crippen LogP contribution is -2.55. The Morgan fingerprint density at radius 3 is 2.47 bits per heavy atom. The molecule has 2 rings (SSSR count). The molecule has 4 heteroatoms. The van der Waals surface area contributed by atoms with Gasteiger partial charge in [0.25, 0.3) is 0 Å². The summed E-state index contributed by atoms with van der Waals surface area (Å²) >= 11 is 3.47. The Morgan fingerprint density at radius 2 is 2.00 bits per heavy atom. The Hall–Kier alpha value is -0.580. The fraction of sp³-hybridized carbons (Fsp3) is 0.600. The molecule has 1 aliphatic rings. The van der Waals surface area contributed by atoms with E-state index in [9.17, 15) is 5.11 Å². The first-order valence-corrected chi connectivity index (χ1v) is 7.34.